The first kappa shape index (κ1) is 28.5. The number of thioether (sulfide) groups is 1. The van der Waals surface area contributed by atoms with E-state index in [-0.39, 0.29) is 22.8 Å². The largest absolute Gasteiger partial charge is 0.341 e. The summed E-state index contributed by atoms with van der Waals surface area (Å²) in [4.78, 5) is 60.9. The number of benzene rings is 1. The Kier molecular flexibility index (Phi) is 8.09. The molecule has 11 nitrogen and oxygen atoms in total. The van der Waals surface area contributed by atoms with Crippen molar-refractivity contribution in [3.63, 3.8) is 0 Å². The summed E-state index contributed by atoms with van der Waals surface area (Å²) in [5.74, 6) is 0.993. The maximum atomic E-state index is 14.1. The molecule has 42 heavy (non-hydrogen) atoms. The Morgan fingerprint density at radius 3 is 2.69 bits per heavy atom. The molecule has 0 radical (unpaired) electrons. The van der Waals surface area contributed by atoms with Crippen molar-refractivity contribution in [3.05, 3.63) is 62.3 Å². The van der Waals surface area contributed by atoms with E-state index in [4.69, 9.17) is 10.7 Å². The van der Waals surface area contributed by atoms with E-state index in [2.05, 4.69) is 16.3 Å². The number of rotatable bonds is 8. The molecule has 0 bridgehead atoms. The number of Topliss-reactive ketones (excluding diaryl/α,β-unsaturated/α-hetero) is 1. The average molecular weight is 592 g/mol. The first-order valence-corrected chi connectivity index (χ1v) is 15.8. The number of nitrogens with one attached hydrogen (secondary N) is 1. The third-order valence-corrected chi connectivity index (χ3v) is 9.83. The fraction of sp³-hybridized carbons (Fsp3) is 0.500. The molecule has 0 spiro atoms. The Balaban J connectivity index is 1.39. The second-order valence-corrected chi connectivity index (χ2v) is 12.8. The van der Waals surface area contributed by atoms with Crippen LogP contribution < -0.4 is 27.2 Å². The molecule has 2 fully saturated rings. The van der Waals surface area contributed by atoms with E-state index in [0.29, 0.717) is 35.9 Å². The molecule has 3 aliphatic rings. The number of hydrogen-bond donors (Lipinski definition) is 2. The molecule has 1 aromatic carbocycles. The predicted molar refractivity (Wildman–Crippen MR) is 165 cm³/mol. The Bertz CT molecular complexity index is 1680. The van der Waals surface area contributed by atoms with E-state index in [0.717, 1.165) is 61.8 Å². The van der Waals surface area contributed by atoms with Crippen molar-refractivity contribution in [2.45, 2.75) is 69.3 Å². The van der Waals surface area contributed by atoms with Crippen molar-refractivity contribution < 1.29 is 9.59 Å². The van der Waals surface area contributed by atoms with E-state index in [1.54, 1.807) is 43.1 Å². The van der Waals surface area contributed by atoms with Gasteiger partial charge in [0.25, 0.3) is 5.56 Å². The number of para-hydroxylation sites is 1. The average Bonchev–Trinajstić information content (AvgIpc) is 3.77. The summed E-state index contributed by atoms with van der Waals surface area (Å²) < 4.78 is 4.24. The lowest BCUT2D eigenvalue weighted by Crippen LogP contribution is -2.44. The molecule has 1 amide bonds. The van der Waals surface area contributed by atoms with Crippen LogP contribution in [-0.4, -0.2) is 60.5 Å². The van der Waals surface area contributed by atoms with E-state index in [9.17, 15) is 19.2 Å². The Hall–Kier alpha value is -3.64. The van der Waals surface area contributed by atoms with Crippen LogP contribution in [0.1, 0.15) is 55.3 Å². The van der Waals surface area contributed by atoms with E-state index < -0.39 is 23.6 Å². The second kappa shape index (κ2) is 11.9. The molecule has 2 aliphatic heterocycles. The summed E-state index contributed by atoms with van der Waals surface area (Å²) in [7, 11) is 1.58. The third-order valence-electron chi connectivity index (χ3n) is 8.46. The fourth-order valence-corrected chi connectivity index (χ4v) is 7.39. The zero-order chi connectivity index (χ0) is 29.4. The number of aryl methyl sites for hydroxylation is 1. The Labute approximate surface area is 247 Å². The number of nitrogens with zero attached hydrogens (tertiary/aromatic N) is 5. The number of nitrogens with two attached hydrogens (primary N) is 1. The Morgan fingerprint density at radius 1 is 1.12 bits per heavy atom. The van der Waals surface area contributed by atoms with Gasteiger partial charge in [0.2, 0.25) is 11.9 Å². The number of carbonyl (C=O) groups excluding carboxylic acids is 2. The summed E-state index contributed by atoms with van der Waals surface area (Å²) in [6.45, 7) is 1.42. The normalized spacial score (nSPS) is 20.7. The maximum absolute atomic E-state index is 14.1. The van der Waals surface area contributed by atoms with Crippen LogP contribution in [0.2, 0.25) is 0 Å². The topological polar surface area (TPSA) is 137 Å². The smallest absolute Gasteiger partial charge is 0.332 e. The molecule has 1 aliphatic carbocycles. The van der Waals surface area contributed by atoms with Crippen LogP contribution >= 0.6 is 11.8 Å². The quantitative estimate of drug-likeness (QED) is 0.301. The highest BCUT2D eigenvalue weighted by Crippen LogP contribution is 2.29. The summed E-state index contributed by atoms with van der Waals surface area (Å²) >= 11 is 1.61. The monoisotopic (exact) mass is 591 g/mol. The number of amides is 1. The second-order valence-electron chi connectivity index (χ2n) is 11.5. The van der Waals surface area contributed by atoms with Crippen LogP contribution in [0.5, 0.6) is 0 Å². The predicted octanol–water partition coefficient (Wildman–Crippen LogP) is 2.65. The van der Waals surface area contributed by atoms with Crippen LogP contribution in [0, 0.1) is 0 Å². The van der Waals surface area contributed by atoms with Gasteiger partial charge in [0.1, 0.15) is 0 Å². The van der Waals surface area contributed by atoms with Gasteiger partial charge in [0, 0.05) is 38.3 Å². The van der Waals surface area contributed by atoms with Gasteiger partial charge in [-0.2, -0.15) is 4.98 Å². The number of allylic oxidation sites excluding steroid dienone is 2. The minimum absolute atomic E-state index is 0.00336. The van der Waals surface area contributed by atoms with E-state index in [1.165, 1.54) is 10.1 Å². The van der Waals surface area contributed by atoms with Crippen molar-refractivity contribution in [1.29, 1.82) is 0 Å². The van der Waals surface area contributed by atoms with Gasteiger partial charge in [0.05, 0.1) is 17.5 Å². The first-order chi connectivity index (χ1) is 20.3. The summed E-state index contributed by atoms with van der Waals surface area (Å²) in [6, 6.07) is 6.74. The number of carbonyl (C=O) groups is 2. The zero-order valence-corrected chi connectivity index (χ0v) is 24.7. The van der Waals surface area contributed by atoms with Crippen LogP contribution in [-0.2, 0) is 24.9 Å². The maximum Gasteiger partial charge on any atom is 0.332 e. The molecule has 12 heteroatoms. The van der Waals surface area contributed by atoms with Gasteiger partial charge in [-0.15, -0.1) is 11.8 Å². The molecule has 0 saturated carbocycles. The molecular formula is C30H37N7O4S. The summed E-state index contributed by atoms with van der Waals surface area (Å²) in [6.07, 6.45) is 8.84. The van der Waals surface area contributed by atoms with Crippen molar-refractivity contribution in [2.75, 3.05) is 29.1 Å². The molecule has 222 valence electrons. The lowest BCUT2D eigenvalue weighted by Gasteiger charge is -2.32. The fourth-order valence-electron chi connectivity index (χ4n) is 6.23. The molecule has 2 saturated heterocycles. The molecule has 4 heterocycles. The van der Waals surface area contributed by atoms with Crippen LogP contribution in [0.25, 0.3) is 11.2 Å². The number of fused-ring (bicyclic) bond motifs is 1. The summed E-state index contributed by atoms with van der Waals surface area (Å²) in [5, 5.41) is 2.75. The highest BCUT2D eigenvalue weighted by Gasteiger charge is 2.28. The van der Waals surface area contributed by atoms with Gasteiger partial charge >= 0.3 is 5.69 Å². The number of hydrogen-bond acceptors (Lipinski definition) is 8. The Morgan fingerprint density at radius 2 is 1.95 bits per heavy atom. The molecule has 2 atom stereocenters. The SMILES string of the molecule is Cn1c(=O)n(CC(=O)c2ccccc2NC(=O)C2CCCS2)c(=O)c2c1nc(N1CCCC(N)C1)n2CC1=CCCC1. The molecule has 3 aromatic rings. The lowest BCUT2D eigenvalue weighted by atomic mass is 10.1. The first-order valence-electron chi connectivity index (χ1n) is 14.7. The van der Waals surface area contributed by atoms with Gasteiger partial charge < -0.3 is 20.5 Å². The number of imidazole rings is 1. The minimum atomic E-state index is -0.614. The lowest BCUT2D eigenvalue weighted by molar-refractivity contribution is -0.115. The van der Waals surface area contributed by atoms with Gasteiger partial charge in [0.15, 0.2) is 16.9 Å². The number of piperidine rings is 1. The van der Waals surface area contributed by atoms with Crippen LogP contribution in [0.3, 0.4) is 0 Å². The van der Waals surface area contributed by atoms with Crippen molar-refractivity contribution in [1.82, 2.24) is 18.7 Å². The minimum Gasteiger partial charge on any atom is -0.341 e. The number of anilines is 2. The van der Waals surface area contributed by atoms with Crippen LogP contribution in [0.4, 0.5) is 11.6 Å². The van der Waals surface area contributed by atoms with Crippen molar-refractivity contribution in [3.8, 4) is 0 Å². The summed E-state index contributed by atoms with van der Waals surface area (Å²) in [5.41, 5.74) is 7.58. The van der Waals surface area contributed by atoms with Crippen molar-refractivity contribution >= 4 is 46.3 Å². The van der Waals surface area contributed by atoms with E-state index >= 15 is 0 Å². The molecule has 6 rings (SSSR count). The third kappa shape index (κ3) is 5.45. The molecule has 3 N–H and O–H groups in total. The number of aromatic nitrogens is 4. The van der Waals surface area contributed by atoms with Gasteiger partial charge in [-0.1, -0.05) is 23.8 Å². The highest BCUT2D eigenvalue weighted by atomic mass is 32.2. The van der Waals surface area contributed by atoms with E-state index in [1.807, 2.05) is 4.57 Å². The molecule has 2 aromatic heterocycles. The molecular weight excluding hydrogens is 554 g/mol. The van der Waals surface area contributed by atoms with Gasteiger partial charge in [-0.25, -0.2) is 4.79 Å². The molecule has 2 unspecified atom stereocenters. The van der Waals surface area contributed by atoms with Crippen LogP contribution in [0.15, 0.2) is 45.5 Å². The zero-order valence-electron chi connectivity index (χ0n) is 23.9. The standard InChI is InChI=1S/C30H37N7O4S/c1-34-26-25(36(16-19-8-2-3-9-19)29(33-26)35-14-6-10-20(31)17-35)28(40)37(30(34)41)18-23(38)21-11-4-5-12-22(21)32-27(39)24-13-7-15-42-24/h4-5,8,11-12,20,24H,2-3,6-7,9-10,13-18,31H2,1H3,(H,32,39). The number of ketones is 1. The van der Waals surface area contributed by atoms with Crippen molar-refractivity contribution in [2.24, 2.45) is 12.8 Å². The van der Waals surface area contributed by atoms with Gasteiger partial charge in [-0.3, -0.25) is 23.5 Å². The highest BCUT2D eigenvalue weighted by molar-refractivity contribution is 8.00. The van der Waals surface area contributed by atoms with Gasteiger partial charge in [-0.05, 0) is 62.8 Å².